The summed E-state index contributed by atoms with van der Waals surface area (Å²) < 4.78 is 6.29. The fraction of sp³-hybridized carbons (Fsp3) is 0.867. The Hall–Kier alpha value is -0.300. The third-order valence-electron chi connectivity index (χ3n) is 4.39. The average Bonchev–Trinajstić information content (AvgIpc) is 2.74. The maximum absolute atomic E-state index is 6.29. The molecular weight excluding hydrogens is 196 g/mol. The van der Waals surface area contributed by atoms with Crippen LogP contribution in [0.25, 0.3) is 0 Å². The molecule has 1 saturated carbocycles. The van der Waals surface area contributed by atoms with E-state index in [1.54, 1.807) is 0 Å². The van der Waals surface area contributed by atoms with Crippen LogP contribution in [0.4, 0.5) is 0 Å². The Morgan fingerprint density at radius 3 is 2.38 bits per heavy atom. The van der Waals surface area contributed by atoms with E-state index in [1.807, 2.05) is 0 Å². The van der Waals surface area contributed by atoms with Crippen molar-refractivity contribution in [2.45, 2.75) is 64.6 Å². The summed E-state index contributed by atoms with van der Waals surface area (Å²) in [6.07, 6.45) is 11.3. The summed E-state index contributed by atoms with van der Waals surface area (Å²) in [5.41, 5.74) is 0. The van der Waals surface area contributed by atoms with E-state index >= 15 is 0 Å². The minimum Gasteiger partial charge on any atom is -0.374 e. The smallest absolute Gasteiger partial charge is 0.0665 e. The van der Waals surface area contributed by atoms with Gasteiger partial charge in [-0.1, -0.05) is 39.2 Å². The van der Waals surface area contributed by atoms with Gasteiger partial charge in [-0.05, 0) is 31.1 Å². The molecule has 1 aliphatic heterocycles. The summed E-state index contributed by atoms with van der Waals surface area (Å²) in [6.45, 7) is 8.51. The molecule has 16 heavy (non-hydrogen) atoms. The van der Waals surface area contributed by atoms with E-state index in [0.29, 0.717) is 24.0 Å². The molecule has 1 heterocycles. The Morgan fingerprint density at radius 2 is 1.88 bits per heavy atom. The molecule has 0 amide bonds. The highest BCUT2D eigenvalue weighted by atomic mass is 16.5. The molecule has 0 bridgehead atoms. The van der Waals surface area contributed by atoms with Gasteiger partial charge in [0.25, 0.3) is 0 Å². The van der Waals surface area contributed by atoms with Crippen LogP contribution >= 0.6 is 0 Å². The van der Waals surface area contributed by atoms with Gasteiger partial charge in [-0.25, -0.2) is 0 Å². The summed E-state index contributed by atoms with van der Waals surface area (Å²) in [5, 5.41) is 0. The number of rotatable bonds is 3. The largest absolute Gasteiger partial charge is 0.374 e. The van der Waals surface area contributed by atoms with E-state index in [1.165, 1.54) is 38.5 Å². The lowest BCUT2D eigenvalue weighted by molar-refractivity contribution is -0.0228. The number of hydrogen-bond acceptors (Lipinski definition) is 1. The van der Waals surface area contributed by atoms with E-state index in [4.69, 9.17) is 4.74 Å². The normalized spacial score (nSPS) is 36.8. The highest BCUT2D eigenvalue weighted by Gasteiger charge is 2.38. The number of hydrogen-bond donors (Lipinski definition) is 0. The zero-order valence-electron chi connectivity index (χ0n) is 10.8. The van der Waals surface area contributed by atoms with Crippen molar-refractivity contribution in [3.05, 3.63) is 12.7 Å². The molecule has 0 aromatic rings. The van der Waals surface area contributed by atoms with E-state index in [9.17, 15) is 0 Å². The quantitative estimate of drug-likeness (QED) is 0.651. The zero-order chi connectivity index (χ0) is 11.5. The van der Waals surface area contributed by atoms with Crippen LogP contribution in [0.5, 0.6) is 0 Å². The van der Waals surface area contributed by atoms with Crippen LogP contribution in [0.1, 0.15) is 52.4 Å². The van der Waals surface area contributed by atoms with E-state index in [-0.39, 0.29) is 0 Å². The van der Waals surface area contributed by atoms with Crippen LogP contribution in [0.3, 0.4) is 0 Å². The molecule has 1 heteroatoms. The maximum Gasteiger partial charge on any atom is 0.0665 e. The average molecular weight is 222 g/mol. The Labute approximate surface area is 100 Å². The maximum atomic E-state index is 6.29. The monoisotopic (exact) mass is 222 g/mol. The molecule has 1 nitrogen and oxygen atoms in total. The lowest BCUT2D eigenvalue weighted by atomic mass is 9.82. The summed E-state index contributed by atoms with van der Waals surface area (Å²) in [5.74, 6) is 2.04. The van der Waals surface area contributed by atoms with Gasteiger partial charge in [0.05, 0.1) is 12.2 Å². The van der Waals surface area contributed by atoms with E-state index in [0.717, 1.165) is 5.92 Å². The van der Waals surface area contributed by atoms with Crippen LogP contribution < -0.4 is 0 Å². The van der Waals surface area contributed by atoms with Gasteiger partial charge >= 0.3 is 0 Å². The number of ether oxygens (including phenoxy) is 1. The Kier molecular flexibility index (Phi) is 4.07. The summed E-state index contributed by atoms with van der Waals surface area (Å²) in [4.78, 5) is 0. The molecule has 1 aliphatic carbocycles. The van der Waals surface area contributed by atoms with Gasteiger partial charge in [-0.2, -0.15) is 0 Å². The Morgan fingerprint density at radius 1 is 1.19 bits per heavy atom. The van der Waals surface area contributed by atoms with Gasteiger partial charge in [0.15, 0.2) is 0 Å². The highest BCUT2D eigenvalue weighted by Crippen LogP contribution is 2.39. The molecule has 0 N–H and O–H groups in total. The molecule has 0 radical (unpaired) electrons. The van der Waals surface area contributed by atoms with Crippen molar-refractivity contribution >= 4 is 0 Å². The third kappa shape index (κ3) is 2.51. The van der Waals surface area contributed by atoms with Crippen LogP contribution in [-0.2, 0) is 4.74 Å². The summed E-state index contributed by atoms with van der Waals surface area (Å²) in [6, 6.07) is 0. The van der Waals surface area contributed by atoms with Gasteiger partial charge in [-0.3, -0.25) is 0 Å². The van der Waals surface area contributed by atoms with Crippen molar-refractivity contribution in [1.82, 2.24) is 0 Å². The topological polar surface area (TPSA) is 9.23 Å². The van der Waals surface area contributed by atoms with Gasteiger partial charge in [0.1, 0.15) is 0 Å². The Balaban J connectivity index is 1.95. The van der Waals surface area contributed by atoms with Crippen LogP contribution in [0.2, 0.25) is 0 Å². The van der Waals surface area contributed by atoms with Crippen molar-refractivity contribution in [3.63, 3.8) is 0 Å². The van der Waals surface area contributed by atoms with Gasteiger partial charge < -0.3 is 4.74 Å². The highest BCUT2D eigenvalue weighted by molar-refractivity contribution is 4.96. The van der Waals surface area contributed by atoms with Gasteiger partial charge in [0.2, 0.25) is 0 Å². The predicted octanol–water partition coefficient (Wildman–Crippen LogP) is 4.18. The summed E-state index contributed by atoms with van der Waals surface area (Å²) in [7, 11) is 0. The second kappa shape index (κ2) is 5.35. The van der Waals surface area contributed by atoms with Crippen molar-refractivity contribution in [3.8, 4) is 0 Å². The zero-order valence-corrected chi connectivity index (χ0v) is 10.8. The lowest BCUT2D eigenvalue weighted by Gasteiger charge is -2.27. The van der Waals surface area contributed by atoms with Gasteiger partial charge in [0, 0.05) is 5.92 Å². The fourth-order valence-electron chi connectivity index (χ4n) is 3.45. The van der Waals surface area contributed by atoms with Crippen LogP contribution in [0.15, 0.2) is 12.7 Å². The second-order valence-electron chi connectivity index (χ2n) is 5.92. The minimum absolute atomic E-state index is 0.421. The SMILES string of the molecule is C=C[C@H]1C[C@@H](C2CCCCC2)O[C@H]1C(C)C. The molecule has 0 aromatic carbocycles. The first-order valence-corrected chi connectivity index (χ1v) is 7.00. The molecule has 3 atom stereocenters. The van der Waals surface area contributed by atoms with Crippen molar-refractivity contribution in [1.29, 1.82) is 0 Å². The van der Waals surface area contributed by atoms with Crippen LogP contribution in [-0.4, -0.2) is 12.2 Å². The molecule has 2 rings (SSSR count). The first kappa shape index (κ1) is 12.2. The van der Waals surface area contributed by atoms with Gasteiger partial charge in [-0.15, -0.1) is 6.58 Å². The predicted molar refractivity (Wildman–Crippen MR) is 68.4 cm³/mol. The first-order chi connectivity index (χ1) is 7.72. The van der Waals surface area contributed by atoms with Crippen LogP contribution in [0, 0.1) is 17.8 Å². The van der Waals surface area contributed by atoms with E-state index < -0.39 is 0 Å². The van der Waals surface area contributed by atoms with E-state index in [2.05, 4.69) is 26.5 Å². The molecule has 2 fully saturated rings. The molecular formula is C15H26O. The molecule has 0 unspecified atom stereocenters. The third-order valence-corrected chi connectivity index (χ3v) is 4.39. The Bertz CT molecular complexity index is 228. The molecule has 0 spiro atoms. The minimum atomic E-state index is 0.421. The standard InChI is InChI=1S/C15H26O/c1-4-12-10-14(16-15(12)11(2)3)13-8-6-5-7-9-13/h4,11-15H,1,5-10H2,2-3H3/t12-,14-,15-/m0/s1. The molecule has 2 aliphatic rings. The first-order valence-electron chi connectivity index (χ1n) is 7.00. The fourth-order valence-corrected chi connectivity index (χ4v) is 3.45. The molecule has 0 aromatic heterocycles. The summed E-state index contributed by atoms with van der Waals surface area (Å²) >= 11 is 0. The molecule has 92 valence electrons. The van der Waals surface area contributed by atoms with Crippen molar-refractivity contribution in [2.24, 2.45) is 17.8 Å². The van der Waals surface area contributed by atoms with Crippen molar-refractivity contribution < 1.29 is 4.74 Å². The lowest BCUT2D eigenvalue weighted by Crippen LogP contribution is -2.25. The second-order valence-corrected chi connectivity index (χ2v) is 5.92. The molecule has 1 saturated heterocycles. The van der Waals surface area contributed by atoms with Crippen molar-refractivity contribution in [2.75, 3.05) is 0 Å².